The van der Waals surface area contributed by atoms with Gasteiger partial charge in [-0.2, -0.15) is 5.10 Å². The molecule has 19 heavy (non-hydrogen) atoms. The second kappa shape index (κ2) is 5.97. The van der Waals surface area contributed by atoms with Gasteiger partial charge in [-0.3, -0.25) is 9.59 Å². The second-order valence-electron chi connectivity index (χ2n) is 5.07. The van der Waals surface area contributed by atoms with Crippen LogP contribution >= 0.6 is 0 Å². The molecule has 0 aliphatic heterocycles. The summed E-state index contributed by atoms with van der Waals surface area (Å²) in [5, 5.41) is 18.7. The maximum Gasteiger partial charge on any atom is 0.277 e. The fourth-order valence-electron chi connectivity index (χ4n) is 1.89. The van der Waals surface area contributed by atoms with Gasteiger partial charge in [0.15, 0.2) is 0 Å². The molecule has 0 spiro atoms. The molecule has 0 fully saturated rings. The number of aromatic nitrogens is 2. The number of nitrogens with one attached hydrogen (secondary N) is 2. The number of aromatic amines is 1. The van der Waals surface area contributed by atoms with Gasteiger partial charge >= 0.3 is 0 Å². The van der Waals surface area contributed by atoms with Gasteiger partial charge in [-0.1, -0.05) is 13.3 Å². The van der Waals surface area contributed by atoms with Crippen LogP contribution in [0.2, 0.25) is 0 Å². The summed E-state index contributed by atoms with van der Waals surface area (Å²) in [6, 6.07) is 0. The lowest BCUT2D eigenvalue weighted by Crippen LogP contribution is -2.42. The fraction of sp³-hybridized carbons (Fsp3) is 0.615. The van der Waals surface area contributed by atoms with E-state index in [4.69, 9.17) is 0 Å². The molecule has 0 radical (unpaired) electrons. The first-order chi connectivity index (χ1) is 8.78. The Bertz CT molecular complexity index is 520. The first-order valence-electron chi connectivity index (χ1n) is 6.35. The summed E-state index contributed by atoms with van der Waals surface area (Å²) in [5.41, 5.74) is -0.273. The van der Waals surface area contributed by atoms with E-state index in [0.717, 1.165) is 6.42 Å². The summed E-state index contributed by atoms with van der Waals surface area (Å²) >= 11 is 0. The van der Waals surface area contributed by atoms with E-state index in [0.29, 0.717) is 17.7 Å². The van der Waals surface area contributed by atoms with E-state index in [1.54, 1.807) is 20.8 Å². The molecule has 1 aromatic heterocycles. The highest BCUT2D eigenvalue weighted by Crippen LogP contribution is 2.11. The quantitative estimate of drug-likeness (QED) is 0.730. The van der Waals surface area contributed by atoms with Gasteiger partial charge in [-0.05, 0) is 32.8 Å². The van der Waals surface area contributed by atoms with Crippen molar-refractivity contribution < 1.29 is 9.90 Å². The minimum atomic E-state index is -0.965. The lowest BCUT2D eigenvalue weighted by Gasteiger charge is -2.23. The van der Waals surface area contributed by atoms with E-state index in [-0.39, 0.29) is 12.1 Å². The van der Waals surface area contributed by atoms with Gasteiger partial charge in [0.2, 0.25) is 0 Å². The molecule has 0 aliphatic carbocycles. The van der Waals surface area contributed by atoms with Crippen LogP contribution in [0.5, 0.6) is 0 Å². The van der Waals surface area contributed by atoms with Crippen molar-refractivity contribution in [2.24, 2.45) is 0 Å². The van der Waals surface area contributed by atoms with Gasteiger partial charge in [0, 0.05) is 6.54 Å². The fourth-order valence-corrected chi connectivity index (χ4v) is 1.89. The average Bonchev–Trinajstić information content (AvgIpc) is 2.32. The number of aryl methyl sites for hydroxylation is 1. The van der Waals surface area contributed by atoms with E-state index in [1.807, 2.05) is 6.92 Å². The van der Waals surface area contributed by atoms with E-state index >= 15 is 0 Å². The Labute approximate surface area is 112 Å². The minimum absolute atomic E-state index is 0.0554. The molecule has 0 aromatic carbocycles. The van der Waals surface area contributed by atoms with Crippen molar-refractivity contribution in [2.45, 2.75) is 46.1 Å². The first kappa shape index (κ1) is 15.4. The summed E-state index contributed by atoms with van der Waals surface area (Å²) < 4.78 is 0. The van der Waals surface area contributed by atoms with Crippen LogP contribution < -0.4 is 10.9 Å². The predicted molar refractivity (Wildman–Crippen MR) is 72.2 cm³/mol. The molecule has 1 aromatic rings. The predicted octanol–water partition coefficient (Wildman–Crippen LogP) is 0.668. The van der Waals surface area contributed by atoms with Crippen molar-refractivity contribution >= 4 is 5.91 Å². The maximum absolute atomic E-state index is 12.0. The number of H-pyrrole nitrogens is 1. The summed E-state index contributed by atoms with van der Waals surface area (Å²) in [6.45, 7) is 7.12. The number of rotatable bonds is 5. The standard InChI is InChI=1S/C13H21N3O3/c1-5-6-13(4,19)7-14-11(17)10-8(2)9(3)15-16-12(10)18/h19H,5-7H2,1-4H3,(H,14,17)(H,16,18). The SMILES string of the molecule is CCCC(C)(O)CNC(=O)c1c(C)c(C)n[nH]c1=O. The van der Waals surface area contributed by atoms with Crippen LogP contribution in [0.1, 0.15) is 48.3 Å². The van der Waals surface area contributed by atoms with Crippen LogP contribution in [0.4, 0.5) is 0 Å². The third-order valence-corrected chi connectivity index (χ3v) is 3.12. The molecule has 1 unspecified atom stereocenters. The maximum atomic E-state index is 12.0. The number of nitrogens with zero attached hydrogens (tertiary/aromatic N) is 1. The zero-order chi connectivity index (χ0) is 14.6. The zero-order valence-electron chi connectivity index (χ0n) is 11.8. The van der Waals surface area contributed by atoms with Crippen molar-refractivity contribution in [3.05, 3.63) is 27.2 Å². The van der Waals surface area contributed by atoms with Crippen molar-refractivity contribution in [1.82, 2.24) is 15.5 Å². The van der Waals surface area contributed by atoms with Crippen LogP contribution in [-0.4, -0.2) is 33.4 Å². The Morgan fingerprint density at radius 3 is 2.68 bits per heavy atom. The van der Waals surface area contributed by atoms with Crippen LogP contribution in [0, 0.1) is 13.8 Å². The summed E-state index contributed by atoms with van der Waals surface area (Å²) in [7, 11) is 0. The van der Waals surface area contributed by atoms with Crippen molar-refractivity contribution in [3.8, 4) is 0 Å². The van der Waals surface area contributed by atoms with Gasteiger partial charge < -0.3 is 10.4 Å². The number of amides is 1. The highest BCUT2D eigenvalue weighted by molar-refractivity contribution is 5.95. The zero-order valence-corrected chi connectivity index (χ0v) is 11.8. The molecule has 1 heterocycles. The Kier molecular flexibility index (Phi) is 4.83. The third-order valence-electron chi connectivity index (χ3n) is 3.12. The van der Waals surface area contributed by atoms with Crippen LogP contribution in [0.15, 0.2) is 4.79 Å². The number of carbonyl (C=O) groups is 1. The molecule has 0 saturated heterocycles. The molecule has 6 heteroatoms. The number of hydrogen-bond acceptors (Lipinski definition) is 4. The Hall–Kier alpha value is -1.69. The first-order valence-corrected chi connectivity index (χ1v) is 6.35. The topological polar surface area (TPSA) is 95.1 Å². The van der Waals surface area contributed by atoms with Crippen LogP contribution in [-0.2, 0) is 0 Å². The van der Waals surface area contributed by atoms with Gasteiger partial charge in [-0.25, -0.2) is 5.10 Å². The van der Waals surface area contributed by atoms with E-state index in [2.05, 4.69) is 15.5 Å². The second-order valence-corrected chi connectivity index (χ2v) is 5.07. The molecule has 1 atom stereocenters. The third kappa shape index (κ3) is 3.89. The number of hydrogen-bond donors (Lipinski definition) is 3. The van der Waals surface area contributed by atoms with Crippen molar-refractivity contribution in [3.63, 3.8) is 0 Å². The molecule has 3 N–H and O–H groups in total. The van der Waals surface area contributed by atoms with Gasteiger partial charge in [0.05, 0.1) is 11.3 Å². The Morgan fingerprint density at radius 1 is 1.47 bits per heavy atom. The molecule has 0 aliphatic rings. The monoisotopic (exact) mass is 267 g/mol. The molecule has 1 rings (SSSR count). The normalized spacial score (nSPS) is 13.9. The number of aliphatic hydroxyl groups is 1. The van der Waals surface area contributed by atoms with Crippen LogP contribution in [0.3, 0.4) is 0 Å². The average molecular weight is 267 g/mol. The molecule has 0 saturated carbocycles. The molecule has 106 valence electrons. The summed E-state index contributed by atoms with van der Waals surface area (Å²) in [6.07, 6.45) is 1.40. The van der Waals surface area contributed by atoms with Crippen molar-refractivity contribution in [2.75, 3.05) is 6.54 Å². The lowest BCUT2D eigenvalue weighted by atomic mass is 10.0. The van der Waals surface area contributed by atoms with Gasteiger partial charge in [0.25, 0.3) is 11.5 Å². The molecular formula is C13H21N3O3. The molecule has 1 amide bonds. The molecule has 6 nitrogen and oxygen atoms in total. The Morgan fingerprint density at radius 2 is 2.11 bits per heavy atom. The summed E-state index contributed by atoms with van der Waals surface area (Å²) in [4.78, 5) is 23.7. The number of carbonyl (C=O) groups excluding carboxylic acids is 1. The van der Waals surface area contributed by atoms with Gasteiger partial charge in [0.1, 0.15) is 5.56 Å². The van der Waals surface area contributed by atoms with Crippen LogP contribution in [0.25, 0.3) is 0 Å². The molecule has 0 bridgehead atoms. The van der Waals surface area contributed by atoms with E-state index in [9.17, 15) is 14.7 Å². The summed E-state index contributed by atoms with van der Waals surface area (Å²) in [5.74, 6) is -0.486. The largest absolute Gasteiger partial charge is 0.388 e. The Balaban J connectivity index is 2.86. The molecular weight excluding hydrogens is 246 g/mol. The highest BCUT2D eigenvalue weighted by atomic mass is 16.3. The van der Waals surface area contributed by atoms with E-state index in [1.165, 1.54) is 0 Å². The minimum Gasteiger partial charge on any atom is -0.388 e. The van der Waals surface area contributed by atoms with Gasteiger partial charge in [-0.15, -0.1) is 0 Å². The van der Waals surface area contributed by atoms with Crippen molar-refractivity contribution in [1.29, 1.82) is 0 Å². The lowest BCUT2D eigenvalue weighted by molar-refractivity contribution is 0.0469. The highest BCUT2D eigenvalue weighted by Gasteiger charge is 2.22. The smallest absolute Gasteiger partial charge is 0.277 e. The van der Waals surface area contributed by atoms with E-state index < -0.39 is 17.1 Å².